The van der Waals surface area contributed by atoms with Crippen LogP contribution in [0.4, 0.5) is 0 Å². The maximum atomic E-state index is 12.6. The van der Waals surface area contributed by atoms with Gasteiger partial charge in [-0.25, -0.2) is 0 Å². The highest BCUT2D eigenvalue weighted by Gasteiger charge is 2.36. The Morgan fingerprint density at radius 1 is 1.07 bits per heavy atom. The van der Waals surface area contributed by atoms with Crippen LogP contribution in [0.5, 0.6) is 0 Å². The molecule has 1 saturated heterocycles. The number of aromatic nitrogens is 2. The molecule has 3 aromatic rings. The number of carbonyl (C=O) groups is 1. The molecule has 2 aromatic carbocycles. The molecule has 1 aliphatic rings. The molecule has 0 N–H and O–H groups in total. The Kier molecular flexibility index (Phi) is 5.22. The number of rotatable bonds is 4. The molecule has 5 heteroatoms. The highest BCUT2D eigenvalue weighted by Crippen LogP contribution is 2.34. The molecule has 1 atom stereocenters. The first-order chi connectivity index (χ1) is 14.2. The smallest absolute Gasteiger partial charge is 0.249 e. The third-order valence-corrected chi connectivity index (χ3v) is 5.99. The van der Waals surface area contributed by atoms with Gasteiger partial charge in [-0.3, -0.25) is 4.79 Å². The van der Waals surface area contributed by atoms with Crippen molar-refractivity contribution in [1.29, 1.82) is 0 Å². The summed E-state index contributed by atoms with van der Waals surface area (Å²) in [4.78, 5) is 19.1. The van der Waals surface area contributed by atoms with Crippen LogP contribution in [0.15, 0.2) is 47.0 Å². The van der Waals surface area contributed by atoms with E-state index in [0.29, 0.717) is 31.1 Å². The Morgan fingerprint density at radius 3 is 2.47 bits per heavy atom. The molecule has 1 fully saturated rings. The van der Waals surface area contributed by atoms with Gasteiger partial charge in [-0.15, -0.1) is 0 Å². The molecular formula is C25H29N3O2. The van der Waals surface area contributed by atoms with Gasteiger partial charge in [0.15, 0.2) is 0 Å². The van der Waals surface area contributed by atoms with Crippen LogP contribution >= 0.6 is 0 Å². The largest absolute Gasteiger partial charge is 0.337 e. The predicted octanol–water partition coefficient (Wildman–Crippen LogP) is 5.51. The molecule has 2 heterocycles. The Balaban J connectivity index is 1.55. The van der Waals surface area contributed by atoms with Crippen molar-refractivity contribution in [3.8, 4) is 11.4 Å². The molecule has 0 saturated carbocycles. The van der Waals surface area contributed by atoms with Gasteiger partial charge in [0, 0.05) is 18.5 Å². The monoisotopic (exact) mass is 403 g/mol. The fraction of sp³-hybridized carbons (Fsp3) is 0.400. The van der Waals surface area contributed by atoms with Crippen LogP contribution < -0.4 is 0 Å². The molecule has 30 heavy (non-hydrogen) atoms. The molecule has 0 spiro atoms. The third kappa shape index (κ3) is 4.02. The van der Waals surface area contributed by atoms with Gasteiger partial charge in [0.05, 0.1) is 0 Å². The summed E-state index contributed by atoms with van der Waals surface area (Å²) < 4.78 is 5.60. The second kappa shape index (κ2) is 7.71. The first-order valence-corrected chi connectivity index (χ1v) is 10.5. The average Bonchev–Trinajstić information content (AvgIpc) is 3.31. The number of likely N-dealkylation sites (tertiary alicyclic amines) is 1. The van der Waals surface area contributed by atoms with Crippen molar-refractivity contribution in [3.05, 3.63) is 70.6 Å². The minimum atomic E-state index is -0.174. The number of carbonyl (C=O) groups excluding carboxylic acids is 1. The molecule has 1 aliphatic heterocycles. The number of hydrogen-bond donors (Lipinski definition) is 0. The van der Waals surface area contributed by atoms with Gasteiger partial charge < -0.3 is 9.42 Å². The molecule has 5 nitrogen and oxygen atoms in total. The van der Waals surface area contributed by atoms with E-state index in [9.17, 15) is 4.79 Å². The van der Waals surface area contributed by atoms with Crippen LogP contribution in [0.1, 0.15) is 67.8 Å². The lowest BCUT2D eigenvalue weighted by Gasteiger charge is -2.23. The van der Waals surface area contributed by atoms with Crippen LogP contribution in [0.25, 0.3) is 11.4 Å². The summed E-state index contributed by atoms with van der Waals surface area (Å²) in [5, 5.41) is 4.18. The van der Waals surface area contributed by atoms with Crippen molar-refractivity contribution in [2.75, 3.05) is 0 Å². The fourth-order valence-corrected chi connectivity index (χ4v) is 3.86. The minimum absolute atomic E-state index is 0.110. The molecule has 1 amide bonds. The summed E-state index contributed by atoms with van der Waals surface area (Å²) in [5.41, 5.74) is 5.85. The SMILES string of the molecule is Cc1ccc(-c2noc(C3CCC(=O)N3Cc3ccc(C(C)(C)C)cc3)n2)cc1C. The van der Waals surface area contributed by atoms with Gasteiger partial charge >= 0.3 is 0 Å². The van der Waals surface area contributed by atoms with Crippen molar-refractivity contribution in [2.24, 2.45) is 0 Å². The predicted molar refractivity (Wildman–Crippen MR) is 117 cm³/mol. The Labute approximate surface area is 178 Å². The Hall–Kier alpha value is -2.95. The van der Waals surface area contributed by atoms with Crippen LogP contribution in [0.3, 0.4) is 0 Å². The highest BCUT2D eigenvalue weighted by atomic mass is 16.5. The van der Waals surface area contributed by atoms with E-state index in [0.717, 1.165) is 11.1 Å². The zero-order chi connectivity index (χ0) is 21.5. The van der Waals surface area contributed by atoms with E-state index >= 15 is 0 Å². The second-order valence-corrected chi connectivity index (χ2v) is 9.28. The van der Waals surface area contributed by atoms with Crippen molar-refractivity contribution in [3.63, 3.8) is 0 Å². The van der Waals surface area contributed by atoms with Crippen LogP contribution in [0.2, 0.25) is 0 Å². The summed E-state index contributed by atoms with van der Waals surface area (Å²) in [6, 6.07) is 14.5. The standard InChI is InChI=1S/C25H29N3O2/c1-16-6-9-19(14-17(16)2)23-26-24(30-27-23)21-12-13-22(29)28(21)15-18-7-10-20(11-8-18)25(3,4)5/h6-11,14,21H,12-13,15H2,1-5H3. The van der Waals surface area contributed by atoms with Crippen LogP contribution in [-0.4, -0.2) is 20.9 Å². The third-order valence-electron chi connectivity index (χ3n) is 5.99. The lowest BCUT2D eigenvalue weighted by Crippen LogP contribution is -2.27. The second-order valence-electron chi connectivity index (χ2n) is 9.28. The molecular weight excluding hydrogens is 374 g/mol. The first-order valence-electron chi connectivity index (χ1n) is 10.5. The number of hydrogen-bond acceptors (Lipinski definition) is 4. The maximum Gasteiger partial charge on any atom is 0.249 e. The van der Waals surface area contributed by atoms with E-state index in [1.165, 1.54) is 16.7 Å². The summed E-state index contributed by atoms with van der Waals surface area (Å²) in [6.07, 6.45) is 1.21. The lowest BCUT2D eigenvalue weighted by atomic mass is 9.87. The number of amides is 1. The molecule has 0 aliphatic carbocycles. The van der Waals surface area contributed by atoms with Gasteiger partial charge in [-0.2, -0.15) is 4.98 Å². The van der Waals surface area contributed by atoms with E-state index in [-0.39, 0.29) is 17.4 Å². The fourth-order valence-electron chi connectivity index (χ4n) is 3.86. The van der Waals surface area contributed by atoms with Gasteiger partial charge in [0.2, 0.25) is 17.6 Å². The molecule has 156 valence electrons. The van der Waals surface area contributed by atoms with E-state index < -0.39 is 0 Å². The molecule has 1 aromatic heterocycles. The molecule has 0 bridgehead atoms. The molecule has 4 rings (SSSR count). The summed E-state index contributed by atoms with van der Waals surface area (Å²) in [6.45, 7) is 11.3. The van der Waals surface area contributed by atoms with Crippen molar-refractivity contribution in [2.45, 2.75) is 65.5 Å². The van der Waals surface area contributed by atoms with E-state index in [1.54, 1.807) is 0 Å². The maximum absolute atomic E-state index is 12.6. The Morgan fingerprint density at radius 2 is 1.80 bits per heavy atom. The van der Waals surface area contributed by atoms with Crippen LogP contribution in [-0.2, 0) is 16.8 Å². The molecule has 1 unspecified atom stereocenters. The number of nitrogens with zero attached hydrogens (tertiary/aromatic N) is 3. The molecule has 0 radical (unpaired) electrons. The van der Waals surface area contributed by atoms with E-state index in [4.69, 9.17) is 4.52 Å². The van der Waals surface area contributed by atoms with E-state index in [2.05, 4.69) is 81.2 Å². The summed E-state index contributed by atoms with van der Waals surface area (Å²) in [5.74, 6) is 1.22. The quantitative estimate of drug-likeness (QED) is 0.576. The van der Waals surface area contributed by atoms with Crippen LogP contribution in [0, 0.1) is 13.8 Å². The van der Waals surface area contributed by atoms with Crippen molar-refractivity contribution < 1.29 is 9.32 Å². The number of aryl methyl sites for hydroxylation is 2. The van der Waals surface area contributed by atoms with Crippen molar-refractivity contribution in [1.82, 2.24) is 15.0 Å². The summed E-state index contributed by atoms with van der Waals surface area (Å²) in [7, 11) is 0. The average molecular weight is 404 g/mol. The zero-order valence-electron chi connectivity index (χ0n) is 18.4. The van der Waals surface area contributed by atoms with Gasteiger partial charge in [0.25, 0.3) is 0 Å². The lowest BCUT2D eigenvalue weighted by molar-refractivity contribution is -0.129. The van der Waals surface area contributed by atoms with Gasteiger partial charge in [-0.05, 0) is 54.0 Å². The highest BCUT2D eigenvalue weighted by molar-refractivity contribution is 5.78. The minimum Gasteiger partial charge on any atom is -0.337 e. The van der Waals surface area contributed by atoms with E-state index in [1.807, 2.05) is 11.0 Å². The van der Waals surface area contributed by atoms with Gasteiger partial charge in [0.1, 0.15) is 6.04 Å². The van der Waals surface area contributed by atoms with Crippen molar-refractivity contribution >= 4 is 5.91 Å². The topological polar surface area (TPSA) is 59.2 Å². The number of benzene rings is 2. The zero-order valence-corrected chi connectivity index (χ0v) is 18.4. The van der Waals surface area contributed by atoms with Gasteiger partial charge in [-0.1, -0.05) is 62.3 Å². The summed E-state index contributed by atoms with van der Waals surface area (Å²) >= 11 is 0. The first kappa shape index (κ1) is 20.3. The Bertz CT molecular complexity index is 1060. The normalized spacial score (nSPS) is 17.0.